The van der Waals surface area contributed by atoms with Crippen LogP contribution >= 0.6 is 0 Å². The van der Waals surface area contributed by atoms with Crippen LogP contribution in [0.2, 0.25) is 0 Å². The second-order valence-electron chi connectivity index (χ2n) is 2.68. The molecule has 0 aromatic carbocycles. The van der Waals surface area contributed by atoms with Crippen LogP contribution in [-0.2, 0) is 0 Å². The van der Waals surface area contributed by atoms with Crippen LogP contribution in [0.1, 0.15) is 13.8 Å². The summed E-state index contributed by atoms with van der Waals surface area (Å²) in [5, 5.41) is 27.6. The monoisotopic (exact) mass is 149 g/mol. The summed E-state index contributed by atoms with van der Waals surface area (Å²) in [6, 6.07) is 0. The fraction of sp³-hybridized carbons (Fsp3) is 1.00. The lowest BCUT2D eigenvalue weighted by molar-refractivity contribution is -0.494. The van der Waals surface area contributed by atoms with E-state index in [1.54, 1.807) is 0 Å². The molecular weight excluding hydrogens is 138 g/mol. The molecule has 1 atom stereocenters. The lowest BCUT2D eigenvalue weighted by Crippen LogP contribution is -2.40. The molecule has 2 N–H and O–H groups in total. The molecule has 0 bridgehead atoms. The molecule has 0 radical (unpaired) electrons. The maximum Gasteiger partial charge on any atom is 0.232 e. The van der Waals surface area contributed by atoms with E-state index in [2.05, 4.69) is 0 Å². The molecule has 0 aromatic rings. The summed E-state index contributed by atoms with van der Waals surface area (Å²) in [5.74, 6) is 0. The Kier molecular flexibility index (Phi) is 2.74. The molecule has 5 nitrogen and oxygen atoms in total. The number of rotatable bonds is 3. The second-order valence-corrected chi connectivity index (χ2v) is 2.68. The van der Waals surface area contributed by atoms with Gasteiger partial charge >= 0.3 is 0 Å². The van der Waals surface area contributed by atoms with E-state index in [0.717, 1.165) is 0 Å². The van der Waals surface area contributed by atoms with Gasteiger partial charge in [0.2, 0.25) is 6.54 Å². The van der Waals surface area contributed by atoms with E-state index >= 15 is 0 Å². The molecule has 1 unspecified atom stereocenters. The van der Waals surface area contributed by atoms with Crippen LogP contribution < -0.4 is 0 Å². The predicted octanol–water partition coefficient (Wildman–Crippen LogP) is -0.605. The van der Waals surface area contributed by atoms with Gasteiger partial charge in [0.15, 0.2) is 0 Å². The third-order valence-electron chi connectivity index (χ3n) is 1.14. The Morgan fingerprint density at radius 3 is 2.20 bits per heavy atom. The molecule has 0 saturated heterocycles. The molecule has 0 amide bonds. The van der Waals surface area contributed by atoms with Crippen molar-refractivity contribution in [3.8, 4) is 0 Å². The first-order valence-corrected chi connectivity index (χ1v) is 2.86. The van der Waals surface area contributed by atoms with Crippen molar-refractivity contribution < 1.29 is 15.1 Å². The van der Waals surface area contributed by atoms with Gasteiger partial charge in [0, 0.05) is 4.92 Å². The first kappa shape index (κ1) is 9.32. The van der Waals surface area contributed by atoms with Crippen LogP contribution in [0.15, 0.2) is 0 Å². The normalized spacial score (nSPS) is 14.8. The minimum absolute atomic E-state index is 0.622. The van der Waals surface area contributed by atoms with Gasteiger partial charge in [0.05, 0.1) is 5.60 Å². The third-order valence-corrected chi connectivity index (χ3v) is 1.14. The maximum absolute atomic E-state index is 9.79. The SMILES string of the molecule is CC(C)(O)C(O)C[N+](=O)[O-]. The van der Waals surface area contributed by atoms with Gasteiger partial charge in [-0.05, 0) is 13.8 Å². The third kappa shape index (κ3) is 3.37. The van der Waals surface area contributed by atoms with Crippen molar-refractivity contribution in [3.63, 3.8) is 0 Å². The van der Waals surface area contributed by atoms with E-state index in [4.69, 9.17) is 10.2 Å². The summed E-state index contributed by atoms with van der Waals surface area (Å²) in [4.78, 5) is 9.13. The highest BCUT2D eigenvalue weighted by Crippen LogP contribution is 2.07. The van der Waals surface area contributed by atoms with Crippen molar-refractivity contribution in [2.75, 3.05) is 6.54 Å². The molecule has 0 heterocycles. The van der Waals surface area contributed by atoms with Crippen molar-refractivity contribution >= 4 is 0 Å². The van der Waals surface area contributed by atoms with E-state index < -0.39 is 23.2 Å². The largest absolute Gasteiger partial charge is 0.387 e. The van der Waals surface area contributed by atoms with Gasteiger partial charge in [-0.1, -0.05) is 0 Å². The first-order valence-electron chi connectivity index (χ1n) is 2.86. The fourth-order valence-electron chi connectivity index (χ4n) is 0.365. The molecule has 0 spiro atoms. The molecule has 0 aliphatic heterocycles. The van der Waals surface area contributed by atoms with Gasteiger partial charge in [0.1, 0.15) is 6.10 Å². The van der Waals surface area contributed by atoms with Crippen LogP contribution in [0.4, 0.5) is 0 Å². The van der Waals surface area contributed by atoms with E-state index in [1.165, 1.54) is 13.8 Å². The molecule has 10 heavy (non-hydrogen) atoms. The standard InChI is InChI=1S/C5H11NO4/c1-5(2,8)4(7)3-6(9)10/h4,7-8H,3H2,1-2H3. The Morgan fingerprint density at radius 1 is 1.70 bits per heavy atom. The van der Waals surface area contributed by atoms with E-state index in [-0.39, 0.29) is 0 Å². The number of nitro groups is 1. The van der Waals surface area contributed by atoms with Crippen molar-refractivity contribution in [1.29, 1.82) is 0 Å². The smallest absolute Gasteiger partial charge is 0.232 e. The van der Waals surface area contributed by atoms with Crippen molar-refractivity contribution in [1.82, 2.24) is 0 Å². The second kappa shape index (κ2) is 2.94. The summed E-state index contributed by atoms with van der Waals surface area (Å²) in [6.07, 6.45) is -1.30. The Morgan fingerprint density at radius 2 is 2.10 bits per heavy atom. The number of aliphatic hydroxyl groups excluding tert-OH is 1. The summed E-state index contributed by atoms with van der Waals surface area (Å²) in [6.45, 7) is 2.02. The predicted molar refractivity (Wildman–Crippen MR) is 34.2 cm³/mol. The average Bonchev–Trinajstić information content (AvgIpc) is 1.60. The first-order chi connectivity index (χ1) is 4.34. The molecular formula is C5H11NO4. The Balaban J connectivity index is 3.85. The van der Waals surface area contributed by atoms with Gasteiger partial charge in [-0.15, -0.1) is 0 Å². The van der Waals surface area contributed by atoms with Crippen LogP contribution in [0.3, 0.4) is 0 Å². The highest BCUT2D eigenvalue weighted by molar-refractivity contribution is 4.74. The topological polar surface area (TPSA) is 83.6 Å². The molecule has 0 fully saturated rings. The van der Waals surface area contributed by atoms with Crippen molar-refractivity contribution in [2.24, 2.45) is 0 Å². The van der Waals surface area contributed by atoms with E-state index in [1.807, 2.05) is 0 Å². The van der Waals surface area contributed by atoms with Crippen molar-refractivity contribution in [2.45, 2.75) is 25.6 Å². The van der Waals surface area contributed by atoms with Gasteiger partial charge in [-0.3, -0.25) is 10.1 Å². The highest BCUT2D eigenvalue weighted by Gasteiger charge is 2.28. The molecule has 0 aromatic heterocycles. The van der Waals surface area contributed by atoms with Crippen molar-refractivity contribution in [3.05, 3.63) is 10.1 Å². The zero-order valence-electron chi connectivity index (χ0n) is 5.94. The summed E-state index contributed by atoms with van der Waals surface area (Å²) >= 11 is 0. The summed E-state index contributed by atoms with van der Waals surface area (Å²) < 4.78 is 0. The minimum atomic E-state index is -1.40. The number of hydrogen-bond acceptors (Lipinski definition) is 4. The van der Waals surface area contributed by atoms with Gasteiger partial charge in [0.25, 0.3) is 0 Å². The molecule has 0 aliphatic carbocycles. The Labute approximate surface area is 58.4 Å². The van der Waals surface area contributed by atoms with E-state index in [0.29, 0.717) is 0 Å². The Hall–Kier alpha value is -0.680. The van der Waals surface area contributed by atoms with Gasteiger partial charge in [-0.2, -0.15) is 0 Å². The van der Waals surface area contributed by atoms with Gasteiger partial charge < -0.3 is 10.2 Å². The average molecular weight is 149 g/mol. The maximum atomic E-state index is 9.79. The summed E-state index contributed by atoms with van der Waals surface area (Å²) in [5.41, 5.74) is -1.40. The summed E-state index contributed by atoms with van der Waals surface area (Å²) in [7, 11) is 0. The quantitative estimate of drug-likeness (QED) is 0.414. The zero-order chi connectivity index (χ0) is 8.36. The lowest BCUT2D eigenvalue weighted by atomic mass is 10.0. The number of hydrogen-bond donors (Lipinski definition) is 2. The van der Waals surface area contributed by atoms with Crippen LogP contribution in [-0.4, -0.2) is 33.4 Å². The Bertz CT molecular complexity index is 128. The van der Waals surface area contributed by atoms with Crippen LogP contribution in [0.5, 0.6) is 0 Å². The van der Waals surface area contributed by atoms with E-state index in [9.17, 15) is 10.1 Å². The van der Waals surface area contributed by atoms with Crippen LogP contribution in [0.25, 0.3) is 0 Å². The number of aliphatic hydroxyl groups is 2. The molecule has 0 saturated carbocycles. The molecule has 5 heteroatoms. The van der Waals surface area contributed by atoms with Gasteiger partial charge in [-0.25, -0.2) is 0 Å². The van der Waals surface area contributed by atoms with Crippen LogP contribution in [0, 0.1) is 10.1 Å². The number of nitrogens with zero attached hydrogens (tertiary/aromatic N) is 1. The molecule has 60 valence electrons. The zero-order valence-corrected chi connectivity index (χ0v) is 5.94. The molecule has 0 aliphatic rings. The highest BCUT2D eigenvalue weighted by atomic mass is 16.6. The molecule has 0 rings (SSSR count). The minimum Gasteiger partial charge on any atom is -0.387 e. The fourth-order valence-corrected chi connectivity index (χ4v) is 0.365. The lowest BCUT2D eigenvalue weighted by Gasteiger charge is -2.20.